The predicted molar refractivity (Wildman–Crippen MR) is 132 cm³/mol. The standard InChI is InChI=1S/C27H35N5O2/c33-23-13-19-9-15-7-17(23)12-18(8-15)26(19)30-25-5-6-28-27(31-25)29-20-1-3-21(4-2-20)32-14-16-10-22(32)24(34)11-16/h1-6,15-19,22-24,26,33-34H,7-14H2,(H2,28,29,30,31)/t15?,16?,17?,18?,19?,22?,23-,24?,26+/m0/s1. The Labute approximate surface area is 201 Å². The number of nitrogens with zero attached hydrogens (tertiary/aromatic N) is 3. The van der Waals surface area contributed by atoms with E-state index in [1.807, 2.05) is 12.3 Å². The Morgan fingerprint density at radius 3 is 2.38 bits per heavy atom. The molecular formula is C27H35N5O2. The molecule has 9 atom stereocenters. The van der Waals surface area contributed by atoms with Gasteiger partial charge in [-0.25, -0.2) is 4.98 Å². The van der Waals surface area contributed by atoms with Gasteiger partial charge in [0.15, 0.2) is 0 Å². The Morgan fingerprint density at radius 1 is 0.794 bits per heavy atom. The molecule has 0 amide bonds. The number of nitrogens with one attached hydrogen (secondary N) is 2. The fraction of sp³-hybridized carbons (Fsp3) is 0.630. The van der Waals surface area contributed by atoms with Crippen molar-refractivity contribution in [2.24, 2.45) is 29.6 Å². The number of aromatic nitrogens is 2. The number of rotatable bonds is 5. The van der Waals surface area contributed by atoms with Crippen LogP contribution in [0.25, 0.3) is 0 Å². The third-order valence-corrected chi connectivity index (χ3v) is 9.49. The van der Waals surface area contributed by atoms with Crippen LogP contribution in [0.5, 0.6) is 0 Å². The molecule has 2 aromatic rings. The molecule has 2 heterocycles. The zero-order valence-corrected chi connectivity index (χ0v) is 19.6. The van der Waals surface area contributed by atoms with Gasteiger partial charge in [0.1, 0.15) is 5.82 Å². The van der Waals surface area contributed by atoms with Crippen LogP contribution in [-0.2, 0) is 0 Å². The van der Waals surface area contributed by atoms with E-state index in [0.29, 0.717) is 35.7 Å². The van der Waals surface area contributed by atoms with Gasteiger partial charge in [0.25, 0.3) is 0 Å². The van der Waals surface area contributed by atoms with Gasteiger partial charge in [-0.3, -0.25) is 0 Å². The summed E-state index contributed by atoms with van der Waals surface area (Å²) in [6.07, 6.45) is 9.36. The maximum atomic E-state index is 10.6. The number of aliphatic hydroxyl groups excluding tert-OH is 2. The molecule has 34 heavy (non-hydrogen) atoms. The maximum Gasteiger partial charge on any atom is 0.229 e. The molecule has 1 aromatic heterocycles. The third-order valence-electron chi connectivity index (χ3n) is 9.49. The Hall–Kier alpha value is -2.38. The van der Waals surface area contributed by atoms with Crippen molar-refractivity contribution >= 4 is 23.1 Å². The summed E-state index contributed by atoms with van der Waals surface area (Å²) in [5.41, 5.74) is 2.13. The fourth-order valence-corrected chi connectivity index (χ4v) is 8.10. The molecule has 6 aliphatic rings. The van der Waals surface area contributed by atoms with E-state index in [9.17, 15) is 10.2 Å². The molecule has 6 fully saturated rings. The van der Waals surface area contributed by atoms with Crippen LogP contribution in [0.4, 0.5) is 23.1 Å². The lowest BCUT2D eigenvalue weighted by Crippen LogP contribution is -2.43. The molecule has 1 saturated heterocycles. The highest BCUT2D eigenvalue weighted by molar-refractivity contribution is 5.61. The first-order valence-electron chi connectivity index (χ1n) is 13.2. The van der Waals surface area contributed by atoms with Gasteiger partial charge in [-0.05, 0) is 105 Å². The number of hydrogen-bond donors (Lipinski definition) is 4. The molecule has 6 bridgehead atoms. The van der Waals surface area contributed by atoms with E-state index in [0.717, 1.165) is 49.7 Å². The highest BCUT2D eigenvalue weighted by Gasteiger charge is 2.48. The molecule has 180 valence electrons. The van der Waals surface area contributed by atoms with Gasteiger partial charge in [-0.1, -0.05) is 0 Å². The summed E-state index contributed by atoms with van der Waals surface area (Å²) in [5.74, 6) is 4.54. The first kappa shape index (κ1) is 20.9. The number of piperidine rings is 1. The van der Waals surface area contributed by atoms with Gasteiger partial charge in [0, 0.05) is 30.2 Å². The van der Waals surface area contributed by atoms with Crippen LogP contribution in [0.3, 0.4) is 0 Å². The summed E-state index contributed by atoms with van der Waals surface area (Å²) in [6, 6.07) is 11.0. The number of anilines is 4. The van der Waals surface area contributed by atoms with Crippen LogP contribution in [0.2, 0.25) is 0 Å². The van der Waals surface area contributed by atoms with E-state index >= 15 is 0 Å². The molecule has 1 aliphatic heterocycles. The van der Waals surface area contributed by atoms with E-state index in [1.165, 1.54) is 24.9 Å². The zero-order chi connectivity index (χ0) is 22.8. The van der Waals surface area contributed by atoms with Crippen molar-refractivity contribution < 1.29 is 10.2 Å². The predicted octanol–water partition coefficient (Wildman–Crippen LogP) is 3.78. The Morgan fingerprint density at radius 2 is 1.59 bits per heavy atom. The first-order chi connectivity index (χ1) is 16.6. The highest BCUT2D eigenvalue weighted by atomic mass is 16.3. The van der Waals surface area contributed by atoms with Crippen LogP contribution in [0.15, 0.2) is 36.5 Å². The molecule has 0 radical (unpaired) electrons. The van der Waals surface area contributed by atoms with Crippen LogP contribution in [0, 0.1) is 29.6 Å². The Kier molecular flexibility index (Phi) is 4.99. The van der Waals surface area contributed by atoms with Gasteiger partial charge < -0.3 is 25.7 Å². The molecule has 7 nitrogen and oxygen atoms in total. The third kappa shape index (κ3) is 3.64. The molecule has 4 N–H and O–H groups in total. The lowest BCUT2D eigenvalue weighted by atomic mass is 9.65. The second-order valence-corrected chi connectivity index (χ2v) is 11.6. The summed E-state index contributed by atoms with van der Waals surface area (Å²) in [4.78, 5) is 11.6. The number of fused-ring (bicyclic) bond motifs is 3. The average Bonchev–Trinajstić information content (AvgIpc) is 3.37. The second-order valence-electron chi connectivity index (χ2n) is 11.6. The fourth-order valence-electron chi connectivity index (χ4n) is 8.10. The van der Waals surface area contributed by atoms with Gasteiger partial charge in [0.2, 0.25) is 5.95 Å². The smallest absolute Gasteiger partial charge is 0.229 e. The SMILES string of the molecule is OC1CC2CC1N(c1ccc(Nc3nccc(N[C@@H]4C5CC6CC4C[C@H](O)C(C6)C5)n3)cc1)C2. The summed E-state index contributed by atoms with van der Waals surface area (Å²) in [5, 5.41) is 28.0. The summed E-state index contributed by atoms with van der Waals surface area (Å²) in [6.45, 7) is 1.05. The molecule has 5 aliphatic carbocycles. The van der Waals surface area contributed by atoms with E-state index in [-0.39, 0.29) is 18.2 Å². The lowest BCUT2D eigenvalue weighted by molar-refractivity contribution is 0.0667. The minimum Gasteiger partial charge on any atom is -0.393 e. The average molecular weight is 462 g/mol. The van der Waals surface area contributed by atoms with Crippen LogP contribution < -0.4 is 15.5 Å². The molecule has 1 aromatic carbocycles. The van der Waals surface area contributed by atoms with Crippen molar-refractivity contribution in [1.29, 1.82) is 0 Å². The topological polar surface area (TPSA) is 93.5 Å². The van der Waals surface area contributed by atoms with E-state index in [4.69, 9.17) is 4.98 Å². The molecule has 0 spiro atoms. The van der Waals surface area contributed by atoms with E-state index in [1.54, 1.807) is 0 Å². The minimum atomic E-state index is -0.192. The normalized spacial score (nSPS) is 39.9. The van der Waals surface area contributed by atoms with Crippen molar-refractivity contribution in [3.8, 4) is 0 Å². The van der Waals surface area contributed by atoms with E-state index in [2.05, 4.69) is 44.8 Å². The Bertz CT molecular complexity index is 1050. The summed E-state index contributed by atoms with van der Waals surface area (Å²) >= 11 is 0. The first-order valence-corrected chi connectivity index (χ1v) is 13.2. The second kappa shape index (κ2) is 8.09. The lowest BCUT2D eigenvalue weighted by Gasteiger charge is -2.44. The largest absolute Gasteiger partial charge is 0.393 e. The maximum absolute atomic E-state index is 10.6. The molecule has 5 saturated carbocycles. The number of benzene rings is 1. The summed E-state index contributed by atoms with van der Waals surface area (Å²) < 4.78 is 0. The van der Waals surface area contributed by atoms with Crippen LogP contribution >= 0.6 is 0 Å². The van der Waals surface area contributed by atoms with Crippen molar-refractivity contribution in [1.82, 2.24) is 9.97 Å². The van der Waals surface area contributed by atoms with Crippen molar-refractivity contribution in [2.45, 2.75) is 69.2 Å². The van der Waals surface area contributed by atoms with Crippen LogP contribution in [0.1, 0.15) is 44.9 Å². The highest BCUT2D eigenvalue weighted by Crippen LogP contribution is 2.52. The quantitative estimate of drug-likeness (QED) is 0.538. The van der Waals surface area contributed by atoms with Crippen LogP contribution in [-0.4, -0.2) is 51.0 Å². The van der Waals surface area contributed by atoms with Gasteiger partial charge >= 0.3 is 0 Å². The zero-order valence-electron chi connectivity index (χ0n) is 19.6. The van der Waals surface area contributed by atoms with Gasteiger partial charge in [-0.2, -0.15) is 4.98 Å². The molecular weight excluding hydrogens is 426 g/mol. The monoisotopic (exact) mass is 461 g/mol. The minimum absolute atomic E-state index is 0.130. The molecule has 8 rings (SSSR count). The van der Waals surface area contributed by atoms with E-state index < -0.39 is 0 Å². The summed E-state index contributed by atoms with van der Waals surface area (Å²) in [7, 11) is 0. The van der Waals surface area contributed by atoms with Crippen molar-refractivity contribution in [2.75, 3.05) is 22.1 Å². The number of hydrogen-bond acceptors (Lipinski definition) is 7. The van der Waals surface area contributed by atoms with Gasteiger partial charge in [0.05, 0.1) is 18.2 Å². The van der Waals surface area contributed by atoms with Crippen molar-refractivity contribution in [3.63, 3.8) is 0 Å². The molecule has 7 heteroatoms. The number of aliphatic hydroxyl groups is 2. The Balaban J connectivity index is 1.04. The molecule has 7 unspecified atom stereocenters. The van der Waals surface area contributed by atoms with Gasteiger partial charge in [-0.15, -0.1) is 0 Å². The van der Waals surface area contributed by atoms with Crippen molar-refractivity contribution in [3.05, 3.63) is 36.5 Å².